The zero-order chi connectivity index (χ0) is 11.5. The predicted octanol–water partition coefficient (Wildman–Crippen LogP) is 1.21. The fourth-order valence-corrected chi connectivity index (χ4v) is 1.64. The van der Waals surface area contributed by atoms with E-state index in [-0.39, 0.29) is 6.10 Å². The first-order chi connectivity index (χ1) is 6.92. The Labute approximate surface area is 91.2 Å². The summed E-state index contributed by atoms with van der Waals surface area (Å²) in [6.07, 6.45) is 0.960. The third-order valence-electron chi connectivity index (χ3n) is 2.96. The topological polar surface area (TPSA) is 49.8 Å². The van der Waals surface area contributed by atoms with Gasteiger partial charge in [-0.15, -0.1) is 0 Å². The smallest absolute Gasteiger partial charge is 0.309 e. The van der Waals surface area contributed by atoms with E-state index in [1.165, 1.54) is 0 Å². The monoisotopic (exact) mass is 215 g/mol. The molecule has 1 N–H and O–H groups in total. The molecular weight excluding hydrogens is 194 g/mol. The zero-order valence-electron chi connectivity index (χ0n) is 9.82. The van der Waals surface area contributed by atoms with Crippen LogP contribution < -0.4 is 0 Å². The van der Waals surface area contributed by atoms with Crippen LogP contribution in [-0.4, -0.2) is 48.3 Å². The van der Waals surface area contributed by atoms with Gasteiger partial charge in [-0.05, 0) is 33.7 Å². The van der Waals surface area contributed by atoms with Gasteiger partial charge in [0.2, 0.25) is 0 Å². The molecule has 1 aliphatic rings. The van der Waals surface area contributed by atoms with Gasteiger partial charge in [0, 0.05) is 13.1 Å². The Balaban J connectivity index is 2.33. The summed E-state index contributed by atoms with van der Waals surface area (Å²) in [4.78, 5) is 13.2. The normalized spacial score (nSPS) is 24.1. The SMILES string of the molecule is CC1CN(CCC(C)(C)C(=O)O)CCO1. The third-order valence-corrected chi connectivity index (χ3v) is 2.96. The van der Waals surface area contributed by atoms with Gasteiger partial charge < -0.3 is 9.84 Å². The second-order valence-electron chi connectivity index (χ2n) is 4.92. The van der Waals surface area contributed by atoms with Crippen molar-refractivity contribution in [3.63, 3.8) is 0 Å². The molecule has 0 bridgehead atoms. The number of rotatable bonds is 4. The minimum Gasteiger partial charge on any atom is -0.481 e. The number of carbonyl (C=O) groups is 1. The van der Waals surface area contributed by atoms with Crippen molar-refractivity contribution in [1.82, 2.24) is 4.90 Å². The van der Waals surface area contributed by atoms with Crippen molar-refractivity contribution >= 4 is 5.97 Å². The lowest BCUT2D eigenvalue weighted by molar-refractivity contribution is -0.147. The molecule has 1 fully saturated rings. The van der Waals surface area contributed by atoms with Crippen LogP contribution in [0.25, 0.3) is 0 Å². The van der Waals surface area contributed by atoms with Gasteiger partial charge in [-0.2, -0.15) is 0 Å². The zero-order valence-corrected chi connectivity index (χ0v) is 9.82. The number of aliphatic carboxylic acids is 1. The largest absolute Gasteiger partial charge is 0.481 e. The summed E-state index contributed by atoms with van der Waals surface area (Å²) >= 11 is 0. The molecule has 1 saturated heterocycles. The molecule has 0 aromatic rings. The Morgan fingerprint density at radius 2 is 2.27 bits per heavy atom. The van der Waals surface area contributed by atoms with Gasteiger partial charge in [-0.3, -0.25) is 9.69 Å². The lowest BCUT2D eigenvalue weighted by atomic mass is 9.89. The fraction of sp³-hybridized carbons (Fsp3) is 0.909. The molecule has 15 heavy (non-hydrogen) atoms. The molecule has 0 aromatic heterocycles. The summed E-state index contributed by atoms with van der Waals surface area (Å²) < 4.78 is 5.43. The van der Waals surface area contributed by atoms with Crippen molar-refractivity contribution in [3.8, 4) is 0 Å². The van der Waals surface area contributed by atoms with E-state index in [1.807, 2.05) is 0 Å². The number of carboxylic acid groups (broad SMARTS) is 1. The first kappa shape index (κ1) is 12.5. The van der Waals surface area contributed by atoms with Gasteiger partial charge in [0.05, 0.1) is 18.1 Å². The van der Waals surface area contributed by atoms with Gasteiger partial charge in [0.1, 0.15) is 0 Å². The van der Waals surface area contributed by atoms with Gasteiger partial charge in [-0.1, -0.05) is 0 Å². The van der Waals surface area contributed by atoms with Crippen LogP contribution in [0, 0.1) is 5.41 Å². The van der Waals surface area contributed by atoms with Crippen LogP contribution >= 0.6 is 0 Å². The average Bonchev–Trinajstić information content (AvgIpc) is 2.15. The number of morpholine rings is 1. The Bertz CT molecular complexity index is 228. The maximum atomic E-state index is 10.9. The Morgan fingerprint density at radius 1 is 1.60 bits per heavy atom. The minimum atomic E-state index is -0.719. The van der Waals surface area contributed by atoms with Crippen molar-refractivity contribution < 1.29 is 14.6 Å². The molecule has 1 rings (SSSR count). The molecule has 0 aromatic carbocycles. The van der Waals surface area contributed by atoms with Crippen LogP contribution in [0.15, 0.2) is 0 Å². The third kappa shape index (κ3) is 3.80. The molecule has 1 heterocycles. The molecule has 0 saturated carbocycles. The van der Waals surface area contributed by atoms with Crippen LogP contribution in [0.2, 0.25) is 0 Å². The number of ether oxygens (including phenoxy) is 1. The highest BCUT2D eigenvalue weighted by Gasteiger charge is 2.28. The highest BCUT2D eigenvalue weighted by Crippen LogP contribution is 2.21. The lowest BCUT2D eigenvalue weighted by Gasteiger charge is -2.32. The van der Waals surface area contributed by atoms with Gasteiger partial charge in [0.25, 0.3) is 0 Å². The summed E-state index contributed by atoms with van der Waals surface area (Å²) in [6, 6.07) is 0. The second-order valence-corrected chi connectivity index (χ2v) is 4.92. The molecular formula is C11H21NO3. The van der Waals surface area contributed by atoms with Crippen LogP contribution in [0.5, 0.6) is 0 Å². The Morgan fingerprint density at radius 3 is 2.80 bits per heavy atom. The van der Waals surface area contributed by atoms with Crippen molar-refractivity contribution in [2.24, 2.45) is 5.41 Å². The fourth-order valence-electron chi connectivity index (χ4n) is 1.64. The minimum absolute atomic E-state index is 0.270. The van der Waals surface area contributed by atoms with E-state index in [0.717, 1.165) is 26.2 Å². The molecule has 4 nitrogen and oxygen atoms in total. The van der Waals surface area contributed by atoms with E-state index < -0.39 is 11.4 Å². The predicted molar refractivity (Wildman–Crippen MR) is 57.9 cm³/mol. The molecule has 0 amide bonds. The van der Waals surface area contributed by atoms with Crippen molar-refractivity contribution in [2.75, 3.05) is 26.2 Å². The lowest BCUT2D eigenvalue weighted by Crippen LogP contribution is -2.43. The van der Waals surface area contributed by atoms with Crippen LogP contribution in [0.1, 0.15) is 27.2 Å². The average molecular weight is 215 g/mol. The molecule has 4 heteroatoms. The second kappa shape index (κ2) is 4.94. The van der Waals surface area contributed by atoms with Crippen LogP contribution in [-0.2, 0) is 9.53 Å². The summed E-state index contributed by atoms with van der Waals surface area (Å²) in [5.74, 6) is -0.719. The number of nitrogens with zero attached hydrogens (tertiary/aromatic N) is 1. The first-order valence-electron chi connectivity index (χ1n) is 5.49. The molecule has 1 aliphatic heterocycles. The maximum absolute atomic E-state index is 10.9. The summed E-state index contributed by atoms with van der Waals surface area (Å²) in [7, 11) is 0. The quantitative estimate of drug-likeness (QED) is 0.765. The van der Waals surface area contributed by atoms with Gasteiger partial charge >= 0.3 is 5.97 Å². The summed E-state index contributed by atoms with van der Waals surface area (Å²) in [5.41, 5.74) is -0.623. The molecule has 1 unspecified atom stereocenters. The maximum Gasteiger partial charge on any atom is 0.309 e. The number of carboxylic acids is 1. The first-order valence-corrected chi connectivity index (χ1v) is 5.49. The molecule has 0 aliphatic carbocycles. The Hall–Kier alpha value is -0.610. The van der Waals surface area contributed by atoms with E-state index in [2.05, 4.69) is 11.8 Å². The van der Waals surface area contributed by atoms with Crippen molar-refractivity contribution in [1.29, 1.82) is 0 Å². The van der Waals surface area contributed by atoms with Crippen molar-refractivity contribution in [3.05, 3.63) is 0 Å². The van der Waals surface area contributed by atoms with Crippen LogP contribution in [0.4, 0.5) is 0 Å². The Kier molecular flexibility index (Phi) is 4.11. The molecule has 0 radical (unpaired) electrons. The van der Waals surface area contributed by atoms with Crippen LogP contribution in [0.3, 0.4) is 0 Å². The number of hydrogen-bond acceptors (Lipinski definition) is 3. The van der Waals surface area contributed by atoms with E-state index in [4.69, 9.17) is 9.84 Å². The highest BCUT2D eigenvalue weighted by atomic mass is 16.5. The summed E-state index contributed by atoms with van der Waals surface area (Å²) in [5, 5.41) is 8.98. The number of hydrogen-bond donors (Lipinski definition) is 1. The van der Waals surface area contributed by atoms with E-state index in [9.17, 15) is 4.79 Å². The standard InChI is InChI=1S/C11H21NO3/c1-9-8-12(6-7-15-9)5-4-11(2,3)10(13)14/h9H,4-8H2,1-3H3,(H,13,14). The molecule has 0 spiro atoms. The highest BCUT2D eigenvalue weighted by molar-refractivity contribution is 5.73. The van der Waals surface area contributed by atoms with E-state index in [1.54, 1.807) is 13.8 Å². The van der Waals surface area contributed by atoms with E-state index >= 15 is 0 Å². The van der Waals surface area contributed by atoms with Gasteiger partial charge in [-0.25, -0.2) is 0 Å². The van der Waals surface area contributed by atoms with E-state index in [0.29, 0.717) is 6.42 Å². The summed E-state index contributed by atoms with van der Waals surface area (Å²) in [6.45, 7) is 9.03. The molecule has 1 atom stereocenters. The van der Waals surface area contributed by atoms with Gasteiger partial charge in [0.15, 0.2) is 0 Å². The molecule has 88 valence electrons. The van der Waals surface area contributed by atoms with Crippen molar-refractivity contribution in [2.45, 2.75) is 33.3 Å².